The minimum Gasteiger partial charge on any atom is -0.779 e. The number of nitrogen functional groups attached to an aromatic ring is 1. The lowest BCUT2D eigenvalue weighted by atomic mass is 10.1. The van der Waals surface area contributed by atoms with Crippen LogP contribution in [0.5, 0.6) is 0 Å². The zero-order valence-electron chi connectivity index (χ0n) is 19.7. The summed E-state index contributed by atoms with van der Waals surface area (Å²) in [6, 6.07) is 0. The van der Waals surface area contributed by atoms with Crippen molar-refractivity contribution < 1.29 is 56.8 Å². The van der Waals surface area contributed by atoms with Gasteiger partial charge in [-0.05, 0) is 6.42 Å². The monoisotopic (exact) mass is 636 g/mol. The summed E-state index contributed by atoms with van der Waals surface area (Å²) >= 11 is 5.77. The topological polar surface area (TPSA) is 271 Å². The number of aliphatic hydroxyl groups is 2. The number of nitrogens with zero attached hydrogens (tertiary/aromatic N) is 4. The van der Waals surface area contributed by atoms with E-state index in [0.717, 1.165) is 31.4 Å². The van der Waals surface area contributed by atoms with Gasteiger partial charge in [0.25, 0.3) is 15.6 Å². The minimum absolute atomic E-state index is 0.0942. The number of thioether (sulfide) groups is 1. The van der Waals surface area contributed by atoms with Gasteiger partial charge in [-0.3, -0.25) is 18.0 Å². The molecule has 5 N–H and O–H groups in total. The first kappa shape index (κ1) is 31.9. The van der Waals surface area contributed by atoms with Gasteiger partial charge in [-0.15, -0.1) is 0 Å². The Morgan fingerprint density at radius 1 is 1.18 bits per heavy atom. The van der Waals surface area contributed by atoms with Gasteiger partial charge in [-0.2, -0.15) is 0 Å². The van der Waals surface area contributed by atoms with Crippen LogP contribution < -0.4 is 20.4 Å². The molecule has 1 aliphatic rings. The Labute approximate surface area is 225 Å². The third-order valence-electron chi connectivity index (χ3n) is 5.07. The molecule has 1 fully saturated rings. The predicted molar refractivity (Wildman–Crippen MR) is 130 cm³/mol. The van der Waals surface area contributed by atoms with E-state index in [9.17, 15) is 34.0 Å². The van der Waals surface area contributed by atoms with Crippen molar-refractivity contribution >= 4 is 62.9 Å². The predicted octanol–water partition coefficient (Wildman–Crippen LogP) is -0.736. The molecule has 2 aromatic rings. The summed E-state index contributed by atoms with van der Waals surface area (Å²) in [6.07, 6.45) is -0.423. The molecule has 216 valence electrons. The Bertz CT molecular complexity index is 1260. The molecular weight excluding hydrogens is 611 g/mol. The Kier molecular flexibility index (Phi) is 10.9. The quantitative estimate of drug-likeness (QED) is 0.0860. The zero-order valence-corrected chi connectivity index (χ0v) is 24.0. The Morgan fingerprint density at radius 3 is 2.55 bits per heavy atom. The third kappa shape index (κ3) is 8.70. The smallest absolute Gasteiger partial charge is 0.279 e. The van der Waals surface area contributed by atoms with E-state index >= 15 is 0 Å². The second kappa shape index (κ2) is 12.9. The number of aromatic nitrogens is 4. The SMILES string of the molecule is CCCCCCSc1nc(N)c2ncn([C@@H]3O[C@H](COP([O-])(=S)OP(=O)([O-])OP(=O)([O-])O)[C@@H](O)[C@H]3O)c2n1. The molecule has 22 heteroatoms. The summed E-state index contributed by atoms with van der Waals surface area (Å²) in [6.45, 7) is -3.72. The highest BCUT2D eigenvalue weighted by Gasteiger charge is 2.45. The molecule has 2 aromatic heterocycles. The van der Waals surface area contributed by atoms with E-state index in [1.165, 1.54) is 22.7 Å². The summed E-state index contributed by atoms with van der Waals surface area (Å²) in [5, 5.41) is 21.4. The first-order valence-corrected chi connectivity index (χ1v) is 17.5. The van der Waals surface area contributed by atoms with Crippen molar-refractivity contribution in [1.29, 1.82) is 0 Å². The maximum absolute atomic E-state index is 12.2. The number of hydrogen-bond acceptors (Lipinski definition) is 17. The standard InChI is InChI=1S/C16H28N5O12P3S2/c1-2-3-4-5-6-38-16-19-13(17)10-14(20-16)21(8-18-10)15-12(23)11(22)9(31-15)7-30-36(29,37)33-35(27,28)32-34(24,25)26/h8-9,11-12,15,22-23H,2-7H2,1H3,(H,27,28)(H,29,37)(H2,17,19,20)(H2,24,25,26)/p-3/t9-,11-,12-,15-,36?/m1/s1. The highest BCUT2D eigenvalue weighted by molar-refractivity contribution is 8.07. The minimum atomic E-state index is -5.89. The van der Waals surface area contributed by atoms with Crippen molar-refractivity contribution in [3.63, 3.8) is 0 Å². The molecule has 1 aliphatic heterocycles. The summed E-state index contributed by atoms with van der Waals surface area (Å²) in [4.78, 5) is 55.5. The fourth-order valence-corrected chi connectivity index (χ4v) is 8.07. The second-order valence-electron chi connectivity index (χ2n) is 7.99. The van der Waals surface area contributed by atoms with Crippen molar-refractivity contribution in [1.82, 2.24) is 19.5 Å². The summed E-state index contributed by atoms with van der Waals surface area (Å²) in [7, 11) is -11.7. The van der Waals surface area contributed by atoms with Gasteiger partial charge in [-0.1, -0.05) is 49.8 Å². The molecule has 17 nitrogen and oxygen atoms in total. The zero-order chi connectivity index (χ0) is 28.3. The lowest BCUT2D eigenvalue weighted by Crippen LogP contribution is -2.34. The molecule has 3 unspecified atom stereocenters. The van der Waals surface area contributed by atoms with Crippen LogP contribution >= 0.6 is 34.1 Å². The fourth-order valence-electron chi connectivity index (χ4n) is 3.41. The lowest BCUT2D eigenvalue weighted by molar-refractivity contribution is -0.244. The molecule has 0 radical (unpaired) electrons. The van der Waals surface area contributed by atoms with Gasteiger partial charge < -0.3 is 44.8 Å². The van der Waals surface area contributed by atoms with Crippen LogP contribution in [0.25, 0.3) is 11.2 Å². The molecule has 38 heavy (non-hydrogen) atoms. The first-order valence-electron chi connectivity index (χ1n) is 11.0. The highest BCUT2D eigenvalue weighted by Crippen LogP contribution is 2.61. The Hall–Kier alpha value is -0.590. The number of imidazole rings is 1. The molecule has 7 atom stereocenters. The number of unbranched alkanes of at least 4 members (excludes halogenated alkanes) is 3. The van der Waals surface area contributed by atoms with Gasteiger partial charge in [0.15, 0.2) is 22.8 Å². The maximum atomic E-state index is 12.2. The van der Waals surface area contributed by atoms with Crippen LogP contribution in [0.1, 0.15) is 38.8 Å². The van der Waals surface area contributed by atoms with E-state index in [1.54, 1.807) is 0 Å². The van der Waals surface area contributed by atoms with Gasteiger partial charge >= 0.3 is 0 Å². The molecule has 1 saturated heterocycles. The molecular formula is C16H25N5O12P3S2-3. The van der Waals surface area contributed by atoms with E-state index in [1.807, 2.05) is 0 Å². The number of hydrogen-bond donors (Lipinski definition) is 4. The van der Waals surface area contributed by atoms with E-state index in [0.29, 0.717) is 5.16 Å². The summed E-state index contributed by atoms with van der Waals surface area (Å²) in [5.74, 6) is 0.853. The molecule has 3 rings (SSSR count). The number of phosphoric acid groups is 2. The van der Waals surface area contributed by atoms with Gasteiger partial charge in [0.1, 0.15) is 30.5 Å². The lowest BCUT2D eigenvalue weighted by Gasteiger charge is -2.35. The number of nitrogens with two attached hydrogens (primary N) is 1. The van der Waals surface area contributed by atoms with Gasteiger partial charge in [0.05, 0.1) is 12.9 Å². The van der Waals surface area contributed by atoms with Crippen LogP contribution in [0.4, 0.5) is 5.82 Å². The van der Waals surface area contributed by atoms with Crippen molar-refractivity contribution in [2.45, 2.75) is 62.3 Å². The van der Waals surface area contributed by atoms with Crippen LogP contribution in [0, 0.1) is 0 Å². The molecule has 0 aromatic carbocycles. The van der Waals surface area contributed by atoms with E-state index < -0.39 is 53.5 Å². The third-order valence-corrected chi connectivity index (χ3v) is 10.6. The average molecular weight is 636 g/mol. The van der Waals surface area contributed by atoms with Crippen LogP contribution in [0.2, 0.25) is 0 Å². The van der Waals surface area contributed by atoms with E-state index in [2.05, 4.69) is 42.3 Å². The molecule has 0 bridgehead atoms. The summed E-state index contributed by atoms with van der Waals surface area (Å²) in [5.41, 5.74) is 6.44. The number of ether oxygens (including phenoxy) is 1. The van der Waals surface area contributed by atoms with Gasteiger partial charge in [0.2, 0.25) is 0 Å². The molecule has 0 spiro atoms. The average Bonchev–Trinajstić information content (AvgIpc) is 3.31. The van der Waals surface area contributed by atoms with Crippen LogP contribution in [-0.2, 0) is 38.8 Å². The van der Waals surface area contributed by atoms with Crippen LogP contribution in [0.15, 0.2) is 11.5 Å². The number of fused-ring (bicyclic) bond motifs is 1. The fraction of sp³-hybridized carbons (Fsp3) is 0.688. The number of rotatable bonds is 14. The van der Waals surface area contributed by atoms with E-state index in [-0.39, 0.29) is 17.0 Å². The second-order valence-corrected chi connectivity index (χ2v) is 14.7. The van der Waals surface area contributed by atoms with Crippen LogP contribution in [0.3, 0.4) is 0 Å². The molecule has 0 saturated carbocycles. The largest absolute Gasteiger partial charge is 0.779 e. The molecule has 0 amide bonds. The summed E-state index contributed by atoms with van der Waals surface area (Å²) < 4.78 is 40.9. The van der Waals surface area contributed by atoms with Crippen molar-refractivity contribution in [3.05, 3.63) is 6.33 Å². The van der Waals surface area contributed by atoms with Crippen molar-refractivity contribution in [2.75, 3.05) is 18.1 Å². The Morgan fingerprint density at radius 2 is 1.89 bits per heavy atom. The maximum Gasteiger partial charge on any atom is 0.279 e. The normalized spacial score (nSPS) is 26.7. The van der Waals surface area contributed by atoms with Crippen LogP contribution in [-0.4, -0.2) is 65.3 Å². The first-order chi connectivity index (χ1) is 17.6. The van der Waals surface area contributed by atoms with Crippen molar-refractivity contribution in [3.8, 4) is 0 Å². The van der Waals surface area contributed by atoms with Gasteiger partial charge in [0, 0.05) is 5.75 Å². The number of anilines is 1. The highest BCUT2D eigenvalue weighted by atomic mass is 32.5. The molecule has 0 aliphatic carbocycles. The van der Waals surface area contributed by atoms with E-state index in [4.69, 9.17) is 19.9 Å². The molecule has 3 heterocycles. The van der Waals surface area contributed by atoms with Crippen molar-refractivity contribution in [2.24, 2.45) is 0 Å². The number of aliphatic hydroxyl groups excluding tert-OH is 2. The van der Waals surface area contributed by atoms with Gasteiger partial charge in [-0.25, -0.2) is 19.3 Å². The Balaban J connectivity index is 1.70.